The molecular weight excluding hydrogens is 236 g/mol. The first-order chi connectivity index (χ1) is 8.50. The third-order valence-corrected chi connectivity index (χ3v) is 3.17. The smallest absolute Gasteiger partial charge is 0.326 e. The Hall–Kier alpha value is -2.11. The van der Waals surface area contributed by atoms with Crippen LogP contribution in [0.25, 0.3) is 0 Å². The zero-order chi connectivity index (χ0) is 13.3. The first-order valence-electron chi connectivity index (χ1n) is 5.74. The van der Waals surface area contributed by atoms with Gasteiger partial charge in [-0.2, -0.15) is 0 Å². The van der Waals surface area contributed by atoms with Crippen molar-refractivity contribution >= 4 is 17.3 Å². The van der Waals surface area contributed by atoms with Gasteiger partial charge in [-0.1, -0.05) is 6.07 Å². The maximum atomic E-state index is 11.1. The third kappa shape index (κ3) is 2.42. The molecule has 1 unspecified atom stereocenters. The second-order valence-electron chi connectivity index (χ2n) is 4.50. The number of hydrogen-bond donors (Lipinski definition) is 2. The van der Waals surface area contributed by atoms with Gasteiger partial charge in [0.05, 0.1) is 4.92 Å². The van der Waals surface area contributed by atoms with Gasteiger partial charge in [-0.05, 0) is 31.7 Å². The highest BCUT2D eigenvalue weighted by Crippen LogP contribution is 2.35. The van der Waals surface area contributed by atoms with Crippen molar-refractivity contribution in [3.63, 3.8) is 0 Å². The first-order valence-corrected chi connectivity index (χ1v) is 5.74. The van der Waals surface area contributed by atoms with Crippen LogP contribution in [0.1, 0.15) is 18.4 Å². The number of aliphatic carboxylic acids is 1. The van der Waals surface area contributed by atoms with Crippen LogP contribution in [-0.4, -0.2) is 22.0 Å². The minimum Gasteiger partial charge on any atom is -0.480 e. The molecule has 0 saturated heterocycles. The van der Waals surface area contributed by atoms with E-state index in [1.54, 1.807) is 19.1 Å². The number of carbonyl (C=O) groups is 1. The molecule has 6 heteroatoms. The predicted molar refractivity (Wildman–Crippen MR) is 65.6 cm³/mol. The van der Waals surface area contributed by atoms with Crippen LogP contribution in [0.4, 0.5) is 11.4 Å². The third-order valence-electron chi connectivity index (χ3n) is 3.17. The standard InChI is InChI=1S/C12H14N2O4/c1-7-9(3-2-4-10(7)14(17)18)13-11(12(15)16)8-5-6-8/h2-4,8,11,13H,5-6H2,1H3,(H,15,16). The second-order valence-corrected chi connectivity index (χ2v) is 4.50. The number of carboxylic acid groups (broad SMARTS) is 1. The Morgan fingerprint density at radius 1 is 1.56 bits per heavy atom. The Kier molecular flexibility index (Phi) is 3.18. The van der Waals surface area contributed by atoms with Gasteiger partial charge in [0.1, 0.15) is 6.04 Å². The summed E-state index contributed by atoms with van der Waals surface area (Å²) < 4.78 is 0. The maximum absolute atomic E-state index is 11.1. The van der Waals surface area contributed by atoms with Crippen LogP contribution in [0.2, 0.25) is 0 Å². The van der Waals surface area contributed by atoms with Gasteiger partial charge < -0.3 is 10.4 Å². The van der Waals surface area contributed by atoms with Crippen molar-refractivity contribution in [2.45, 2.75) is 25.8 Å². The number of nitro benzene ring substituents is 1. The summed E-state index contributed by atoms with van der Waals surface area (Å²) in [6.45, 7) is 1.62. The van der Waals surface area contributed by atoms with Gasteiger partial charge in [0.2, 0.25) is 0 Å². The lowest BCUT2D eigenvalue weighted by molar-refractivity contribution is -0.385. The number of nitrogens with one attached hydrogen (secondary N) is 1. The lowest BCUT2D eigenvalue weighted by Gasteiger charge is -2.16. The molecule has 1 fully saturated rings. The van der Waals surface area contributed by atoms with Crippen molar-refractivity contribution in [3.8, 4) is 0 Å². The molecule has 0 spiro atoms. The van der Waals surface area contributed by atoms with E-state index in [0.29, 0.717) is 11.3 Å². The molecule has 1 atom stereocenters. The van der Waals surface area contributed by atoms with Crippen LogP contribution in [0, 0.1) is 23.0 Å². The summed E-state index contributed by atoms with van der Waals surface area (Å²) in [7, 11) is 0. The molecule has 1 saturated carbocycles. The van der Waals surface area contributed by atoms with Crippen molar-refractivity contribution in [2.24, 2.45) is 5.92 Å². The first kappa shape index (κ1) is 12.3. The summed E-state index contributed by atoms with van der Waals surface area (Å²) in [6.07, 6.45) is 1.77. The summed E-state index contributed by atoms with van der Waals surface area (Å²) in [4.78, 5) is 21.5. The lowest BCUT2D eigenvalue weighted by Crippen LogP contribution is -2.31. The van der Waals surface area contributed by atoms with Gasteiger partial charge in [0.15, 0.2) is 0 Å². The summed E-state index contributed by atoms with van der Waals surface area (Å²) >= 11 is 0. The summed E-state index contributed by atoms with van der Waals surface area (Å²) in [5.41, 5.74) is 0.984. The summed E-state index contributed by atoms with van der Waals surface area (Å²) in [6, 6.07) is 3.97. The molecule has 2 N–H and O–H groups in total. The molecule has 18 heavy (non-hydrogen) atoms. The highest BCUT2D eigenvalue weighted by atomic mass is 16.6. The Morgan fingerprint density at radius 2 is 2.22 bits per heavy atom. The van der Waals surface area contributed by atoms with Crippen molar-refractivity contribution in [3.05, 3.63) is 33.9 Å². The van der Waals surface area contributed by atoms with Crippen LogP contribution < -0.4 is 5.32 Å². The number of carboxylic acids is 1. The number of rotatable bonds is 5. The van der Waals surface area contributed by atoms with Gasteiger partial charge in [-0.15, -0.1) is 0 Å². The van der Waals surface area contributed by atoms with E-state index in [4.69, 9.17) is 5.11 Å². The van der Waals surface area contributed by atoms with Crippen molar-refractivity contribution < 1.29 is 14.8 Å². The SMILES string of the molecule is Cc1c(NC(C(=O)O)C2CC2)cccc1[N+](=O)[O-]. The molecular formula is C12H14N2O4. The topological polar surface area (TPSA) is 92.5 Å². The van der Waals surface area contributed by atoms with E-state index < -0.39 is 16.9 Å². The number of nitro groups is 1. The van der Waals surface area contributed by atoms with E-state index in [1.807, 2.05) is 0 Å². The van der Waals surface area contributed by atoms with Crippen LogP contribution in [0.3, 0.4) is 0 Å². The Morgan fingerprint density at radius 3 is 2.72 bits per heavy atom. The molecule has 1 aromatic carbocycles. The molecule has 0 amide bonds. The van der Waals surface area contributed by atoms with Crippen LogP contribution in [0.15, 0.2) is 18.2 Å². The minimum atomic E-state index is -0.914. The molecule has 0 heterocycles. The molecule has 6 nitrogen and oxygen atoms in total. The van der Waals surface area contributed by atoms with Crippen LogP contribution in [0.5, 0.6) is 0 Å². The van der Waals surface area contributed by atoms with Gasteiger partial charge in [-0.25, -0.2) is 4.79 Å². The highest BCUT2D eigenvalue weighted by molar-refractivity contribution is 5.79. The zero-order valence-electron chi connectivity index (χ0n) is 9.92. The molecule has 0 aliphatic heterocycles. The number of nitrogens with zero attached hydrogens (tertiary/aromatic N) is 1. The molecule has 1 aliphatic carbocycles. The van der Waals surface area contributed by atoms with Gasteiger partial charge in [-0.3, -0.25) is 10.1 Å². The van der Waals surface area contributed by atoms with Gasteiger partial charge in [0, 0.05) is 17.3 Å². The average molecular weight is 250 g/mol. The van der Waals surface area contributed by atoms with Gasteiger partial charge >= 0.3 is 5.97 Å². The predicted octanol–water partition coefficient (Wildman–Crippen LogP) is 2.18. The van der Waals surface area contributed by atoms with Gasteiger partial charge in [0.25, 0.3) is 5.69 Å². The average Bonchev–Trinajstić information content (AvgIpc) is 3.10. The van der Waals surface area contributed by atoms with Crippen molar-refractivity contribution in [2.75, 3.05) is 5.32 Å². The second kappa shape index (κ2) is 4.64. The zero-order valence-corrected chi connectivity index (χ0v) is 9.92. The lowest BCUT2D eigenvalue weighted by atomic mass is 10.1. The molecule has 1 aliphatic rings. The Balaban J connectivity index is 2.25. The number of anilines is 1. The van der Waals surface area contributed by atoms with E-state index >= 15 is 0 Å². The Bertz CT molecular complexity index is 497. The molecule has 2 rings (SSSR count). The maximum Gasteiger partial charge on any atom is 0.326 e. The van der Waals surface area contributed by atoms with Crippen molar-refractivity contribution in [1.29, 1.82) is 0 Å². The van der Waals surface area contributed by atoms with Crippen LogP contribution in [-0.2, 0) is 4.79 Å². The quantitative estimate of drug-likeness (QED) is 0.617. The fraction of sp³-hybridized carbons (Fsp3) is 0.417. The molecule has 0 bridgehead atoms. The normalized spacial score (nSPS) is 16.1. The van der Waals surface area contributed by atoms with Crippen molar-refractivity contribution in [1.82, 2.24) is 0 Å². The summed E-state index contributed by atoms with van der Waals surface area (Å²) in [5.74, 6) is -0.787. The minimum absolute atomic E-state index is 0.0000595. The number of hydrogen-bond acceptors (Lipinski definition) is 4. The van der Waals surface area contributed by atoms with E-state index in [-0.39, 0.29) is 11.6 Å². The molecule has 1 aromatic rings. The fourth-order valence-corrected chi connectivity index (χ4v) is 1.96. The Labute approximate surface area is 104 Å². The molecule has 0 aromatic heterocycles. The number of benzene rings is 1. The fourth-order valence-electron chi connectivity index (χ4n) is 1.96. The van der Waals surface area contributed by atoms with E-state index in [1.165, 1.54) is 6.07 Å². The monoisotopic (exact) mass is 250 g/mol. The van der Waals surface area contributed by atoms with Crippen LogP contribution >= 0.6 is 0 Å². The van der Waals surface area contributed by atoms with E-state index in [9.17, 15) is 14.9 Å². The molecule has 0 radical (unpaired) electrons. The van der Waals surface area contributed by atoms with E-state index in [2.05, 4.69) is 5.32 Å². The highest BCUT2D eigenvalue weighted by Gasteiger charge is 2.36. The molecule has 96 valence electrons. The largest absolute Gasteiger partial charge is 0.480 e. The van der Waals surface area contributed by atoms with E-state index in [0.717, 1.165) is 12.8 Å². The summed E-state index contributed by atoms with van der Waals surface area (Å²) in [5, 5.41) is 22.8.